The molecule has 1 aliphatic rings. The molecule has 1 aromatic rings. The van der Waals surface area contributed by atoms with Gasteiger partial charge in [-0.1, -0.05) is 30.3 Å². The fraction of sp³-hybridized carbons (Fsp3) is 0.500. The van der Waals surface area contributed by atoms with Gasteiger partial charge in [-0.25, -0.2) is 13.2 Å². The summed E-state index contributed by atoms with van der Waals surface area (Å²) in [6.07, 6.45) is 0.209. The highest BCUT2D eigenvalue weighted by Gasteiger charge is 2.27. The van der Waals surface area contributed by atoms with Gasteiger partial charge in [0.25, 0.3) is 0 Å². The zero-order chi connectivity index (χ0) is 15.3. The van der Waals surface area contributed by atoms with Gasteiger partial charge in [0.05, 0.1) is 12.9 Å². The van der Waals surface area contributed by atoms with Crippen molar-refractivity contribution >= 4 is 16.1 Å². The minimum absolute atomic E-state index is 0.00787. The maximum Gasteiger partial charge on any atom is 0.409 e. The second kappa shape index (κ2) is 6.91. The number of hydrogen-bond donors (Lipinski definition) is 0. The first-order valence-corrected chi connectivity index (χ1v) is 8.48. The molecule has 0 bridgehead atoms. The molecule has 1 saturated heterocycles. The summed E-state index contributed by atoms with van der Waals surface area (Å²) in [5.74, 6) is -0.00787. The molecule has 7 heteroatoms. The first-order valence-electron chi connectivity index (χ1n) is 6.87. The van der Waals surface area contributed by atoms with Gasteiger partial charge in [0.2, 0.25) is 10.0 Å². The maximum absolute atomic E-state index is 12.4. The highest BCUT2D eigenvalue weighted by molar-refractivity contribution is 7.88. The van der Waals surface area contributed by atoms with E-state index in [0.717, 1.165) is 5.56 Å². The van der Waals surface area contributed by atoms with Crippen LogP contribution in [0.1, 0.15) is 12.0 Å². The van der Waals surface area contributed by atoms with Gasteiger partial charge in [0.1, 0.15) is 0 Å². The predicted molar refractivity (Wildman–Crippen MR) is 79.2 cm³/mol. The first kappa shape index (κ1) is 15.8. The maximum atomic E-state index is 12.4. The summed E-state index contributed by atoms with van der Waals surface area (Å²) < 4.78 is 31.0. The van der Waals surface area contributed by atoms with Crippen molar-refractivity contribution in [1.82, 2.24) is 9.21 Å². The Kier molecular flexibility index (Phi) is 5.19. The number of carbonyl (C=O) groups excluding carboxylic acids is 1. The lowest BCUT2D eigenvalue weighted by molar-refractivity contribution is 0.126. The summed E-state index contributed by atoms with van der Waals surface area (Å²) in [6.45, 7) is 1.62. The second-order valence-corrected chi connectivity index (χ2v) is 6.92. The average molecular weight is 312 g/mol. The van der Waals surface area contributed by atoms with Crippen molar-refractivity contribution in [2.75, 3.05) is 33.3 Å². The third-order valence-corrected chi connectivity index (χ3v) is 5.32. The molecule has 0 aromatic heterocycles. The van der Waals surface area contributed by atoms with E-state index in [1.807, 2.05) is 18.2 Å². The Morgan fingerprint density at radius 2 is 1.86 bits per heavy atom. The SMILES string of the molecule is COC(=O)N1CCCN(S(=O)(=O)Cc2ccccc2)CC1. The van der Waals surface area contributed by atoms with Gasteiger partial charge >= 0.3 is 6.09 Å². The van der Waals surface area contributed by atoms with Gasteiger partial charge in [0, 0.05) is 26.2 Å². The molecule has 1 aliphatic heterocycles. The van der Waals surface area contributed by atoms with Gasteiger partial charge in [-0.2, -0.15) is 4.31 Å². The van der Waals surface area contributed by atoms with E-state index in [2.05, 4.69) is 4.74 Å². The van der Waals surface area contributed by atoms with Crippen LogP contribution in [0, 0.1) is 0 Å². The number of amides is 1. The van der Waals surface area contributed by atoms with Crippen LogP contribution >= 0.6 is 0 Å². The molecule has 1 aromatic carbocycles. The van der Waals surface area contributed by atoms with Crippen LogP contribution in [0.25, 0.3) is 0 Å². The molecule has 0 unspecified atom stereocenters. The smallest absolute Gasteiger partial charge is 0.409 e. The average Bonchev–Trinajstić information content (AvgIpc) is 2.73. The molecular formula is C14H20N2O4S. The lowest BCUT2D eigenvalue weighted by atomic mass is 10.2. The standard InChI is InChI=1S/C14H20N2O4S/c1-20-14(17)15-8-5-9-16(11-10-15)21(18,19)12-13-6-3-2-4-7-13/h2-4,6-7H,5,8-12H2,1H3. The summed E-state index contributed by atoms with van der Waals surface area (Å²) in [7, 11) is -2.03. The first-order chi connectivity index (χ1) is 10.0. The molecule has 2 rings (SSSR count). The van der Waals surface area contributed by atoms with E-state index >= 15 is 0 Å². The van der Waals surface area contributed by atoms with Gasteiger partial charge in [-0.15, -0.1) is 0 Å². The lowest BCUT2D eigenvalue weighted by Crippen LogP contribution is -2.37. The van der Waals surface area contributed by atoms with E-state index in [4.69, 9.17) is 0 Å². The van der Waals surface area contributed by atoms with Crippen LogP contribution in [0.15, 0.2) is 30.3 Å². The zero-order valence-electron chi connectivity index (χ0n) is 12.1. The number of rotatable bonds is 3. The quantitative estimate of drug-likeness (QED) is 0.843. The highest BCUT2D eigenvalue weighted by atomic mass is 32.2. The van der Waals surface area contributed by atoms with Crippen LogP contribution in [-0.2, 0) is 20.5 Å². The van der Waals surface area contributed by atoms with E-state index in [-0.39, 0.29) is 5.75 Å². The van der Waals surface area contributed by atoms with Gasteiger partial charge in [0.15, 0.2) is 0 Å². The Morgan fingerprint density at radius 3 is 2.52 bits per heavy atom. The second-order valence-electron chi connectivity index (χ2n) is 4.95. The number of ether oxygens (including phenoxy) is 1. The van der Waals surface area contributed by atoms with E-state index in [0.29, 0.717) is 32.6 Å². The van der Waals surface area contributed by atoms with Gasteiger partial charge < -0.3 is 9.64 Å². The van der Waals surface area contributed by atoms with Crippen LogP contribution in [0.4, 0.5) is 4.79 Å². The zero-order valence-corrected chi connectivity index (χ0v) is 12.9. The molecule has 0 atom stereocenters. The van der Waals surface area contributed by atoms with Crippen LogP contribution in [-0.4, -0.2) is 57.0 Å². The van der Waals surface area contributed by atoms with E-state index in [9.17, 15) is 13.2 Å². The summed E-state index contributed by atoms with van der Waals surface area (Å²) in [6, 6.07) is 9.11. The molecule has 0 N–H and O–H groups in total. The summed E-state index contributed by atoms with van der Waals surface area (Å²) >= 11 is 0. The molecule has 1 heterocycles. The lowest BCUT2D eigenvalue weighted by Gasteiger charge is -2.21. The third-order valence-electron chi connectivity index (χ3n) is 3.47. The molecule has 1 fully saturated rings. The Morgan fingerprint density at radius 1 is 1.14 bits per heavy atom. The normalized spacial score (nSPS) is 17.3. The Labute approximate surface area is 125 Å². The number of sulfonamides is 1. The molecule has 6 nitrogen and oxygen atoms in total. The topological polar surface area (TPSA) is 66.9 Å². The number of carbonyl (C=O) groups is 1. The summed E-state index contributed by atoms with van der Waals surface area (Å²) in [4.78, 5) is 13.0. The molecule has 21 heavy (non-hydrogen) atoms. The van der Waals surface area contributed by atoms with Crippen molar-refractivity contribution in [2.45, 2.75) is 12.2 Å². The number of methoxy groups -OCH3 is 1. The number of nitrogens with zero attached hydrogens (tertiary/aromatic N) is 2. The van der Waals surface area contributed by atoms with Gasteiger partial charge in [-0.05, 0) is 12.0 Å². The molecule has 0 aliphatic carbocycles. The van der Waals surface area contributed by atoms with Crippen LogP contribution in [0.2, 0.25) is 0 Å². The predicted octanol–water partition coefficient (Wildman–Crippen LogP) is 1.29. The molecule has 116 valence electrons. The third kappa shape index (κ3) is 4.18. The number of benzene rings is 1. The van der Waals surface area contributed by atoms with Gasteiger partial charge in [-0.3, -0.25) is 0 Å². The van der Waals surface area contributed by atoms with Crippen molar-refractivity contribution in [3.8, 4) is 0 Å². The Hall–Kier alpha value is -1.60. The van der Waals surface area contributed by atoms with E-state index < -0.39 is 16.1 Å². The number of hydrogen-bond acceptors (Lipinski definition) is 4. The Bertz CT molecular complexity index is 574. The van der Waals surface area contributed by atoms with Crippen LogP contribution in [0.3, 0.4) is 0 Å². The fourth-order valence-corrected chi connectivity index (χ4v) is 3.92. The van der Waals surface area contributed by atoms with Crippen molar-refractivity contribution < 1.29 is 17.9 Å². The monoisotopic (exact) mass is 312 g/mol. The van der Waals surface area contributed by atoms with Crippen molar-refractivity contribution in [2.24, 2.45) is 0 Å². The molecular weight excluding hydrogens is 292 g/mol. The minimum Gasteiger partial charge on any atom is -0.453 e. The van der Waals surface area contributed by atoms with E-state index in [1.165, 1.54) is 16.3 Å². The Balaban J connectivity index is 2.02. The van der Waals surface area contributed by atoms with Crippen molar-refractivity contribution in [3.63, 3.8) is 0 Å². The van der Waals surface area contributed by atoms with E-state index in [1.54, 1.807) is 12.1 Å². The molecule has 0 saturated carbocycles. The summed E-state index contributed by atoms with van der Waals surface area (Å²) in [5, 5.41) is 0. The van der Waals surface area contributed by atoms with Crippen LogP contribution < -0.4 is 0 Å². The summed E-state index contributed by atoms with van der Waals surface area (Å²) in [5.41, 5.74) is 0.770. The highest BCUT2D eigenvalue weighted by Crippen LogP contribution is 2.14. The van der Waals surface area contributed by atoms with Crippen molar-refractivity contribution in [3.05, 3.63) is 35.9 Å². The molecule has 0 spiro atoms. The van der Waals surface area contributed by atoms with Crippen molar-refractivity contribution in [1.29, 1.82) is 0 Å². The molecule has 1 amide bonds. The minimum atomic E-state index is -3.36. The van der Waals surface area contributed by atoms with Crippen LogP contribution in [0.5, 0.6) is 0 Å². The molecule has 0 radical (unpaired) electrons. The fourth-order valence-electron chi connectivity index (χ4n) is 2.36. The largest absolute Gasteiger partial charge is 0.453 e.